The molecule has 1 aliphatic heterocycles. The molecule has 1 aromatic carbocycles. The molecule has 1 saturated heterocycles. The summed E-state index contributed by atoms with van der Waals surface area (Å²) in [5.41, 5.74) is -0.0146. The molecule has 1 N–H and O–H groups in total. The van der Waals surface area contributed by atoms with E-state index in [4.69, 9.17) is 4.42 Å². The molecule has 152 valence electrons. The number of piperidine rings is 1. The molecule has 1 unspecified atom stereocenters. The maximum Gasteiger partial charge on any atom is 0.322 e. The van der Waals surface area contributed by atoms with Gasteiger partial charge in [-0.1, -0.05) is 32.8 Å². The number of benzene rings is 1. The monoisotopic (exact) mass is 406 g/mol. The normalized spacial score (nSPS) is 18.8. The summed E-state index contributed by atoms with van der Waals surface area (Å²) in [5.74, 6) is 0.320. The zero-order chi connectivity index (χ0) is 20.5. The van der Waals surface area contributed by atoms with Crippen LogP contribution < -0.4 is 5.32 Å². The van der Waals surface area contributed by atoms with Crippen molar-refractivity contribution < 1.29 is 17.6 Å². The predicted molar refractivity (Wildman–Crippen MR) is 105 cm³/mol. The number of rotatable bonds is 4. The Balaban J connectivity index is 1.71. The van der Waals surface area contributed by atoms with Gasteiger partial charge in [0.2, 0.25) is 15.9 Å². The smallest absolute Gasteiger partial charge is 0.322 e. The van der Waals surface area contributed by atoms with E-state index in [0.29, 0.717) is 30.5 Å². The lowest BCUT2D eigenvalue weighted by molar-refractivity contribution is 0.102. The van der Waals surface area contributed by atoms with Crippen molar-refractivity contribution in [3.05, 3.63) is 35.7 Å². The molecule has 3 rings (SSSR count). The fourth-order valence-corrected chi connectivity index (χ4v) is 4.64. The van der Waals surface area contributed by atoms with E-state index in [9.17, 15) is 13.2 Å². The van der Waals surface area contributed by atoms with Crippen LogP contribution in [0.1, 0.15) is 56.8 Å². The van der Waals surface area contributed by atoms with Gasteiger partial charge in [-0.2, -0.15) is 4.31 Å². The predicted octanol–water partition coefficient (Wildman–Crippen LogP) is 3.04. The Morgan fingerprint density at radius 1 is 1.21 bits per heavy atom. The molecule has 1 atom stereocenters. The molecule has 1 aliphatic rings. The highest BCUT2D eigenvalue weighted by molar-refractivity contribution is 7.89. The van der Waals surface area contributed by atoms with Crippen LogP contribution in [0, 0.1) is 5.92 Å². The van der Waals surface area contributed by atoms with Crippen LogP contribution in [0.25, 0.3) is 0 Å². The van der Waals surface area contributed by atoms with Crippen molar-refractivity contribution in [2.75, 3.05) is 18.4 Å². The van der Waals surface area contributed by atoms with Gasteiger partial charge in [0.15, 0.2) is 0 Å². The van der Waals surface area contributed by atoms with E-state index in [1.54, 1.807) is 0 Å². The largest absolute Gasteiger partial charge is 0.407 e. The van der Waals surface area contributed by atoms with Crippen molar-refractivity contribution in [1.29, 1.82) is 0 Å². The molecule has 2 aromatic rings. The minimum absolute atomic E-state index is 0.00827. The minimum Gasteiger partial charge on any atom is -0.407 e. The Bertz CT molecular complexity index is 945. The zero-order valence-electron chi connectivity index (χ0n) is 16.6. The molecule has 0 bridgehead atoms. The van der Waals surface area contributed by atoms with Gasteiger partial charge in [0.05, 0.1) is 4.90 Å². The van der Waals surface area contributed by atoms with Gasteiger partial charge < -0.3 is 4.42 Å². The summed E-state index contributed by atoms with van der Waals surface area (Å²) in [6.45, 7) is 8.88. The van der Waals surface area contributed by atoms with Crippen LogP contribution in [0.3, 0.4) is 0 Å². The van der Waals surface area contributed by atoms with Crippen LogP contribution in [0.4, 0.5) is 6.01 Å². The quantitative estimate of drug-likeness (QED) is 0.837. The first-order valence-electron chi connectivity index (χ1n) is 9.33. The zero-order valence-corrected chi connectivity index (χ0v) is 17.4. The van der Waals surface area contributed by atoms with E-state index < -0.39 is 15.9 Å². The summed E-state index contributed by atoms with van der Waals surface area (Å²) in [6, 6.07) is 5.89. The van der Waals surface area contributed by atoms with Gasteiger partial charge >= 0.3 is 6.01 Å². The number of hydrogen-bond donors (Lipinski definition) is 1. The van der Waals surface area contributed by atoms with Crippen molar-refractivity contribution in [2.45, 2.75) is 50.8 Å². The number of carbonyl (C=O) groups excluding carboxylic acids is 1. The molecule has 0 radical (unpaired) electrons. The number of nitrogens with one attached hydrogen (secondary N) is 1. The van der Waals surface area contributed by atoms with E-state index in [1.807, 2.05) is 20.8 Å². The summed E-state index contributed by atoms with van der Waals surface area (Å²) in [5, 5.41) is 10.3. The van der Waals surface area contributed by atoms with E-state index in [0.717, 1.165) is 12.8 Å². The maximum atomic E-state index is 12.8. The van der Waals surface area contributed by atoms with Crippen LogP contribution in [0.5, 0.6) is 0 Å². The molecular weight excluding hydrogens is 380 g/mol. The number of anilines is 1. The van der Waals surface area contributed by atoms with Gasteiger partial charge in [-0.3, -0.25) is 10.1 Å². The van der Waals surface area contributed by atoms with Crippen LogP contribution >= 0.6 is 0 Å². The number of amides is 1. The summed E-state index contributed by atoms with van der Waals surface area (Å²) in [4.78, 5) is 12.6. The van der Waals surface area contributed by atoms with Crippen LogP contribution in [-0.4, -0.2) is 41.9 Å². The van der Waals surface area contributed by atoms with Gasteiger partial charge in [0.25, 0.3) is 5.91 Å². The average Bonchev–Trinajstić information content (AvgIpc) is 3.11. The van der Waals surface area contributed by atoms with Crippen LogP contribution in [-0.2, 0) is 15.4 Å². The fourth-order valence-electron chi connectivity index (χ4n) is 3.04. The molecule has 8 nitrogen and oxygen atoms in total. The second-order valence-electron chi connectivity index (χ2n) is 8.25. The van der Waals surface area contributed by atoms with Gasteiger partial charge in [-0.05, 0) is 43.0 Å². The molecule has 1 amide bonds. The topological polar surface area (TPSA) is 105 Å². The third kappa shape index (κ3) is 4.41. The third-order valence-corrected chi connectivity index (χ3v) is 6.54. The Labute approximate surface area is 165 Å². The molecule has 1 aromatic heterocycles. The van der Waals surface area contributed by atoms with Crippen molar-refractivity contribution in [2.24, 2.45) is 5.92 Å². The Morgan fingerprint density at radius 3 is 2.46 bits per heavy atom. The van der Waals surface area contributed by atoms with E-state index in [1.165, 1.54) is 28.6 Å². The summed E-state index contributed by atoms with van der Waals surface area (Å²) >= 11 is 0. The number of nitrogens with zero attached hydrogens (tertiary/aromatic N) is 3. The Hall–Kier alpha value is -2.26. The van der Waals surface area contributed by atoms with Crippen LogP contribution in [0.15, 0.2) is 33.6 Å². The highest BCUT2D eigenvalue weighted by Gasteiger charge is 2.29. The van der Waals surface area contributed by atoms with Gasteiger partial charge in [0, 0.05) is 24.1 Å². The number of aromatic nitrogens is 2. The highest BCUT2D eigenvalue weighted by Crippen LogP contribution is 2.24. The first-order valence-corrected chi connectivity index (χ1v) is 10.8. The van der Waals surface area contributed by atoms with Crippen LogP contribution in [0.2, 0.25) is 0 Å². The summed E-state index contributed by atoms with van der Waals surface area (Å²) < 4.78 is 32.6. The van der Waals surface area contributed by atoms with E-state index in [-0.39, 0.29) is 16.3 Å². The lowest BCUT2D eigenvalue weighted by Gasteiger charge is -2.30. The van der Waals surface area contributed by atoms with E-state index in [2.05, 4.69) is 22.4 Å². The maximum absolute atomic E-state index is 12.8. The molecule has 2 heterocycles. The van der Waals surface area contributed by atoms with Crippen molar-refractivity contribution in [3.8, 4) is 0 Å². The molecular formula is C19H26N4O4S. The lowest BCUT2D eigenvalue weighted by Crippen LogP contribution is -2.39. The molecule has 1 fully saturated rings. The minimum atomic E-state index is -3.55. The SMILES string of the molecule is CC1CCCN(S(=O)(=O)c2ccc(C(=O)Nc3nnc(C(C)(C)C)o3)cc2)C1. The fraction of sp³-hybridized carbons (Fsp3) is 0.526. The summed E-state index contributed by atoms with van der Waals surface area (Å²) in [6.07, 6.45) is 1.90. The number of sulfonamides is 1. The lowest BCUT2D eigenvalue weighted by atomic mass is 9.97. The average molecular weight is 407 g/mol. The van der Waals surface area contributed by atoms with Crippen molar-refractivity contribution in [3.63, 3.8) is 0 Å². The third-order valence-electron chi connectivity index (χ3n) is 4.66. The molecule has 0 spiro atoms. The standard InChI is InChI=1S/C19H26N4O4S/c1-13-6-5-11-23(12-13)28(25,26)15-9-7-14(8-10-15)16(24)20-18-22-21-17(27-18)19(2,3)4/h7-10,13H,5-6,11-12H2,1-4H3,(H,20,22,24). The number of carbonyl (C=O) groups is 1. The van der Waals surface area contributed by atoms with Gasteiger partial charge in [0.1, 0.15) is 0 Å². The molecule has 0 aliphatic carbocycles. The first-order chi connectivity index (χ1) is 13.1. The molecule has 9 heteroatoms. The first kappa shape index (κ1) is 20.5. The number of hydrogen-bond acceptors (Lipinski definition) is 6. The second kappa shape index (κ2) is 7.63. The van der Waals surface area contributed by atoms with Crippen molar-refractivity contribution >= 4 is 21.9 Å². The highest BCUT2D eigenvalue weighted by atomic mass is 32.2. The van der Waals surface area contributed by atoms with E-state index >= 15 is 0 Å². The molecule has 0 saturated carbocycles. The van der Waals surface area contributed by atoms with Gasteiger partial charge in [-0.15, -0.1) is 5.10 Å². The Kier molecular flexibility index (Phi) is 5.58. The molecule has 28 heavy (non-hydrogen) atoms. The summed E-state index contributed by atoms with van der Waals surface area (Å²) in [7, 11) is -3.55. The second-order valence-corrected chi connectivity index (χ2v) is 10.2. The van der Waals surface area contributed by atoms with Gasteiger partial charge in [-0.25, -0.2) is 8.42 Å². The van der Waals surface area contributed by atoms with Crippen molar-refractivity contribution in [1.82, 2.24) is 14.5 Å². The Morgan fingerprint density at radius 2 is 1.89 bits per heavy atom.